The normalized spacial score (nSPS) is 29.2. The fourth-order valence-corrected chi connectivity index (χ4v) is 2.90. The van der Waals surface area contributed by atoms with Gasteiger partial charge in [0, 0.05) is 13.1 Å². The SMILES string of the molecule is CC1CCC(CN)(CN(C)CCOC(C)C)CC1. The van der Waals surface area contributed by atoms with Crippen LogP contribution in [0.3, 0.4) is 0 Å². The average Bonchev–Trinajstić information content (AvgIpc) is 2.32. The van der Waals surface area contributed by atoms with Crippen LogP contribution in [-0.4, -0.2) is 44.3 Å². The summed E-state index contributed by atoms with van der Waals surface area (Å²) in [5.74, 6) is 0.888. The smallest absolute Gasteiger partial charge is 0.0596 e. The van der Waals surface area contributed by atoms with Crippen LogP contribution < -0.4 is 5.73 Å². The van der Waals surface area contributed by atoms with Crippen LogP contribution in [0.2, 0.25) is 0 Å². The van der Waals surface area contributed by atoms with E-state index in [9.17, 15) is 0 Å². The third-order valence-electron chi connectivity index (χ3n) is 4.30. The van der Waals surface area contributed by atoms with Crippen LogP contribution in [0.15, 0.2) is 0 Å². The second kappa shape index (κ2) is 7.46. The van der Waals surface area contributed by atoms with E-state index < -0.39 is 0 Å². The monoisotopic (exact) mass is 256 g/mol. The van der Waals surface area contributed by atoms with Gasteiger partial charge >= 0.3 is 0 Å². The number of rotatable bonds is 7. The van der Waals surface area contributed by atoms with Crippen LogP contribution >= 0.6 is 0 Å². The lowest BCUT2D eigenvalue weighted by molar-refractivity contribution is 0.0464. The first-order valence-corrected chi connectivity index (χ1v) is 7.48. The maximum Gasteiger partial charge on any atom is 0.0596 e. The summed E-state index contributed by atoms with van der Waals surface area (Å²) in [6, 6.07) is 0. The van der Waals surface area contributed by atoms with Crippen molar-refractivity contribution < 1.29 is 4.74 Å². The zero-order chi connectivity index (χ0) is 13.6. The summed E-state index contributed by atoms with van der Waals surface area (Å²) in [5, 5.41) is 0. The molecule has 0 heterocycles. The van der Waals surface area contributed by atoms with Crippen molar-refractivity contribution in [3.05, 3.63) is 0 Å². The zero-order valence-electron chi connectivity index (χ0n) is 12.7. The van der Waals surface area contributed by atoms with Gasteiger partial charge in [0.25, 0.3) is 0 Å². The molecular formula is C15H32N2O. The van der Waals surface area contributed by atoms with Gasteiger partial charge in [0.15, 0.2) is 0 Å². The molecule has 108 valence electrons. The highest BCUT2D eigenvalue weighted by Gasteiger charge is 2.33. The fraction of sp³-hybridized carbons (Fsp3) is 1.00. The first-order chi connectivity index (χ1) is 8.47. The molecule has 3 nitrogen and oxygen atoms in total. The van der Waals surface area contributed by atoms with Gasteiger partial charge < -0.3 is 15.4 Å². The van der Waals surface area contributed by atoms with Crippen molar-refractivity contribution in [1.29, 1.82) is 0 Å². The van der Waals surface area contributed by atoms with Crippen molar-refractivity contribution in [1.82, 2.24) is 4.90 Å². The molecule has 1 fully saturated rings. The second-order valence-electron chi connectivity index (χ2n) is 6.54. The van der Waals surface area contributed by atoms with Gasteiger partial charge in [0.1, 0.15) is 0 Å². The summed E-state index contributed by atoms with van der Waals surface area (Å²) in [4.78, 5) is 2.39. The Bertz CT molecular complexity index is 223. The van der Waals surface area contributed by atoms with E-state index >= 15 is 0 Å². The average molecular weight is 256 g/mol. The highest BCUT2D eigenvalue weighted by molar-refractivity contribution is 4.87. The van der Waals surface area contributed by atoms with Gasteiger partial charge in [0.05, 0.1) is 12.7 Å². The Hall–Kier alpha value is -0.120. The van der Waals surface area contributed by atoms with Crippen LogP contribution in [0.1, 0.15) is 46.5 Å². The summed E-state index contributed by atoms with van der Waals surface area (Å²) in [6.07, 6.45) is 5.60. The molecule has 0 saturated heterocycles. The molecule has 0 aromatic heterocycles. The molecule has 1 aliphatic rings. The van der Waals surface area contributed by atoms with Crippen LogP contribution in [0.25, 0.3) is 0 Å². The number of ether oxygens (including phenoxy) is 1. The van der Waals surface area contributed by atoms with Crippen molar-refractivity contribution >= 4 is 0 Å². The molecular weight excluding hydrogens is 224 g/mol. The molecule has 1 saturated carbocycles. The van der Waals surface area contributed by atoms with Crippen LogP contribution in [0, 0.1) is 11.3 Å². The van der Waals surface area contributed by atoms with E-state index in [0.29, 0.717) is 11.5 Å². The largest absolute Gasteiger partial charge is 0.377 e. The molecule has 0 aromatic rings. The lowest BCUT2D eigenvalue weighted by atomic mass is 9.70. The molecule has 1 rings (SSSR count). The molecule has 1 aliphatic carbocycles. The van der Waals surface area contributed by atoms with Crippen LogP contribution in [0.4, 0.5) is 0 Å². The second-order valence-corrected chi connectivity index (χ2v) is 6.54. The standard InChI is InChI=1S/C15H32N2O/c1-13(2)18-10-9-17(4)12-15(11-16)7-5-14(3)6-8-15/h13-14H,5-12,16H2,1-4H3. The van der Waals surface area contributed by atoms with Crippen molar-refractivity contribution in [2.45, 2.75) is 52.6 Å². The van der Waals surface area contributed by atoms with E-state index in [-0.39, 0.29) is 0 Å². The van der Waals surface area contributed by atoms with Crippen LogP contribution in [-0.2, 0) is 4.74 Å². The minimum Gasteiger partial charge on any atom is -0.377 e. The highest BCUT2D eigenvalue weighted by atomic mass is 16.5. The molecule has 0 radical (unpaired) electrons. The van der Waals surface area contributed by atoms with Gasteiger partial charge in [-0.05, 0) is 51.6 Å². The minimum absolute atomic E-state index is 0.331. The third-order valence-corrected chi connectivity index (χ3v) is 4.30. The molecule has 18 heavy (non-hydrogen) atoms. The molecule has 0 atom stereocenters. The predicted octanol–water partition coefficient (Wildman–Crippen LogP) is 2.50. The summed E-state index contributed by atoms with van der Waals surface area (Å²) >= 11 is 0. The third kappa shape index (κ3) is 5.25. The molecule has 0 spiro atoms. The molecule has 0 aromatic carbocycles. The summed E-state index contributed by atoms with van der Waals surface area (Å²) in [7, 11) is 2.19. The van der Waals surface area contributed by atoms with Crippen molar-refractivity contribution in [3.63, 3.8) is 0 Å². The van der Waals surface area contributed by atoms with Crippen molar-refractivity contribution in [2.24, 2.45) is 17.1 Å². The van der Waals surface area contributed by atoms with Crippen LogP contribution in [0.5, 0.6) is 0 Å². The lowest BCUT2D eigenvalue weighted by Gasteiger charge is -2.41. The van der Waals surface area contributed by atoms with E-state index in [1.165, 1.54) is 25.7 Å². The molecule has 3 heteroatoms. The van der Waals surface area contributed by atoms with Crippen molar-refractivity contribution in [2.75, 3.05) is 33.3 Å². The van der Waals surface area contributed by atoms with Gasteiger partial charge in [0.2, 0.25) is 0 Å². The number of likely N-dealkylation sites (N-methyl/N-ethyl adjacent to an activating group) is 1. The van der Waals surface area contributed by atoms with E-state index in [1.54, 1.807) is 0 Å². The summed E-state index contributed by atoms with van der Waals surface area (Å²) < 4.78 is 5.61. The van der Waals surface area contributed by atoms with E-state index in [4.69, 9.17) is 10.5 Å². The van der Waals surface area contributed by atoms with Gasteiger partial charge in [-0.2, -0.15) is 0 Å². The summed E-state index contributed by atoms with van der Waals surface area (Å²) in [6.45, 7) is 10.3. The van der Waals surface area contributed by atoms with E-state index in [0.717, 1.165) is 32.2 Å². The number of nitrogens with zero attached hydrogens (tertiary/aromatic N) is 1. The quantitative estimate of drug-likeness (QED) is 0.760. The zero-order valence-corrected chi connectivity index (χ0v) is 12.7. The summed E-state index contributed by atoms with van der Waals surface area (Å²) in [5.41, 5.74) is 6.41. The molecule has 2 N–H and O–H groups in total. The molecule has 0 amide bonds. The fourth-order valence-electron chi connectivity index (χ4n) is 2.90. The van der Waals surface area contributed by atoms with E-state index in [1.807, 2.05) is 0 Å². The first kappa shape index (κ1) is 15.9. The van der Waals surface area contributed by atoms with Gasteiger partial charge in [-0.15, -0.1) is 0 Å². The van der Waals surface area contributed by atoms with Gasteiger partial charge in [-0.3, -0.25) is 0 Å². The predicted molar refractivity (Wildman–Crippen MR) is 77.7 cm³/mol. The Kier molecular flexibility index (Phi) is 6.61. The first-order valence-electron chi connectivity index (χ1n) is 7.48. The lowest BCUT2D eigenvalue weighted by Crippen LogP contribution is -2.44. The Balaban J connectivity index is 2.33. The minimum atomic E-state index is 0.331. The van der Waals surface area contributed by atoms with E-state index in [2.05, 4.69) is 32.7 Å². The Morgan fingerprint density at radius 3 is 2.44 bits per heavy atom. The van der Waals surface area contributed by atoms with Gasteiger partial charge in [-0.25, -0.2) is 0 Å². The number of hydrogen-bond donors (Lipinski definition) is 1. The van der Waals surface area contributed by atoms with Crippen molar-refractivity contribution in [3.8, 4) is 0 Å². The Labute approximate surface area is 113 Å². The highest BCUT2D eigenvalue weighted by Crippen LogP contribution is 2.38. The molecule has 0 aliphatic heterocycles. The molecule has 0 bridgehead atoms. The topological polar surface area (TPSA) is 38.5 Å². The number of nitrogens with two attached hydrogens (primary N) is 1. The Morgan fingerprint density at radius 2 is 1.94 bits per heavy atom. The Morgan fingerprint density at radius 1 is 1.33 bits per heavy atom. The number of hydrogen-bond acceptors (Lipinski definition) is 3. The van der Waals surface area contributed by atoms with Gasteiger partial charge in [-0.1, -0.05) is 19.8 Å². The molecule has 0 unspecified atom stereocenters. The maximum atomic E-state index is 6.05. The maximum absolute atomic E-state index is 6.05.